The summed E-state index contributed by atoms with van der Waals surface area (Å²) in [5.74, 6) is -0.207. The molecule has 0 bridgehead atoms. The van der Waals surface area contributed by atoms with Crippen LogP contribution in [0.25, 0.3) is 5.69 Å². The van der Waals surface area contributed by atoms with Crippen LogP contribution in [0.4, 0.5) is 0 Å². The highest BCUT2D eigenvalue weighted by Crippen LogP contribution is 2.25. The number of nitrogens with one attached hydrogen (secondary N) is 1. The normalized spacial score (nSPS) is 14.4. The van der Waals surface area contributed by atoms with Gasteiger partial charge in [-0.1, -0.05) is 48.5 Å². The second-order valence-electron chi connectivity index (χ2n) is 6.62. The molecule has 0 spiro atoms. The number of rotatable bonds is 6. The fourth-order valence-electron chi connectivity index (χ4n) is 3.06. The number of hydrogen-bond donors (Lipinski definition) is 2. The first-order chi connectivity index (χ1) is 12.5. The molecule has 0 aliphatic carbocycles. The third-order valence-corrected chi connectivity index (χ3v) is 4.43. The first-order valence-electron chi connectivity index (χ1n) is 8.63. The molecule has 2 aromatic carbocycles. The van der Waals surface area contributed by atoms with E-state index in [9.17, 15) is 9.90 Å². The van der Waals surface area contributed by atoms with Crippen LogP contribution in [-0.2, 0) is 10.4 Å². The van der Waals surface area contributed by atoms with Crippen molar-refractivity contribution in [3.05, 3.63) is 84.2 Å². The molecule has 134 valence electrons. The molecule has 3 rings (SSSR count). The quantitative estimate of drug-likeness (QED) is 0.717. The Morgan fingerprint density at radius 2 is 1.85 bits per heavy atom. The minimum Gasteiger partial charge on any atom is -0.385 e. The van der Waals surface area contributed by atoms with E-state index in [2.05, 4.69) is 10.4 Å². The minimum absolute atomic E-state index is 0.00864. The van der Waals surface area contributed by atoms with Crippen LogP contribution in [0.1, 0.15) is 37.4 Å². The van der Waals surface area contributed by atoms with E-state index in [0.29, 0.717) is 0 Å². The summed E-state index contributed by atoms with van der Waals surface area (Å²) in [4.78, 5) is 12.5. The Morgan fingerprint density at radius 3 is 2.54 bits per heavy atom. The van der Waals surface area contributed by atoms with Crippen molar-refractivity contribution in [2.24, 2.45) is 0 Å². The third kappa shape index (κ3) is 4.00. The van der Waals surface area contributed by atoms with E-state index in [0.717, 1.165) is 16.8 Å². The lowest BCUT2D eigenvalue weighted by molar-refractivity contribution is -0.126. The summed E-state index contributed by atoms with van der Waals surface area (Å²) < 4.78 is 1.78. The van der Waals surface area contributed by atoms with Gasteiger partial charge in [-0.15, -0.1) is 0 Å². The second-order valence-corrected chi connectivity index (χ2v) is 6.62. The maximum absolute atomic E-state index is 12.5. The van der Waals surface area contributed by atoms with Crippen LogP contribution in [0.2, 0.25) is 0 Å². The van der Waals surface area contributed by atoms with Gasteiger partial charge in [-0.25, -0.2) is 4.68 Å². The lowest BCUT2D eigenvalue weighted by Gasteiger charge is -2.25. The van der Waals surface area contributed by atoms with Crippen molar-refractivity contribution in [1.29, 1.82) is 0 Å². The average Bonchev–Trinajstić information content (AvgIpc) is 3.16. The van der Waals surface area contributed by atoms with Crippen molar-refractivity contribution in [3.63, 3.8) is 0 Å². The molecule has 26 heavy (non-hydrogen) atoms. The molecule has 0 aliphatic heterocycles. The van der Waals surface area contributed by atoms with Gasteiger partial charge < -0.3 is 10.4 Å². The van der Waals surface area contributed by atoms with E-state index >= 15 is 0 Å². The lowest BCUT2D eigenvalue weighted by atomic mass is 9.92. The molecule has 2 unspecified atom stereocenters. The average molecular weight is 349 g/mol. The highest BCUT2D eigenvalue weighted by atomic mass is 16.3. The van der Waals surface area contributed by atoms with Gasteiger partial charge in [0.2, 0.25) is 5.91 Å². The maximum Gasteiger partial charge on any atom is 0.223 e. The van der Waals surface area contributed by atoms with E-state index in [1.165, 1.54) is 0 Å². The van der Waals surface area contributed by atoms with Gasteiger partial charge >= 0.3 is 0 Å². The smallest absolute Gasteiger partial charge is 0.223 e. The molecule has 1 amide bonds. The van der Waals surface area contributed by atoms with Crippen molar-refractivity contribution in [3.8, 4) is 5.69 Å². The fourth-order valence-corrected chi connectivity index (χ4v) is 3.06. The zero-order chi connectivity index (χ0) is 18.6. The number of carbonyl (C=O) groups is 1. The van der Waals surface area contributed by atoms with E-state index in [1.807, 2.05) is 73.8 Å². The van der Waals surface area contributed by atoms with E-state index in [1.54, 1.807) is 17.8 Å². The van der Waals surface area contributed by atoms with Gasteiger partial charge in [0, 0.05) is 12.4 Å². The molecule has 2 N–H and O–H groups in total. The molecule has 0 fully saturated rings. The Hall–Kier alpha value is -2.92. The summed E-state index contributed by atoms with van der Waals surface area (Å²) in [6, 6.07) is 18.7. The Bertz CT molecular complexity index is 858. The number of para-hydroxylation sites is 1. The number of nitrogens with zero attached hydrogens (tertiary/aromatic N) is 2. The van der Waals surface area contributed by atoms with Gasteiger partial charge in [0.05, 0.1) is 23.8 Å². The summed E-state index contributed by atoms with van der Waals surface area (Å²) in [6.07, 6.45) is 3.58. The lowest BCUT2D eigenvalue weighted by Crippen LogP contribution is -2.34. The van der Waals surface area contributed by atoms with Gasteiger partial charge in [0.1, 0.15) is 0 Å². The largest absolute Gasteiger partial charge is 0.385 e. The molecule has 0 saturated carbocycles. The van der Waals surface area contributed by atoms with Crippen molar-refractivity contribution < 1.29 is 9.90 Å². The standard InChI is InChI=1S/C21H23N3O2/c1-16(18-11-6-7-12-19(18)24-14-8-13-22-24)23-20(25)15-21(2,26)17-9-4-3-5-10-17/h3-14,16,26H,15H2,1-2H3,(H,23,25). The highest BCUT2D eigenvalue weighted by molar-refractivity contribution is 5.78. The van der Waals surface area contributed by atoms with Crippen molar-refractivity contribution in [2.75, 3.05) is 0 Å². The van der Waals surface area contributed by atoms with Crippen LogP contribution < -0.4 is 5.32 Å². The zero-order valence-electron chi connectivity index (χ0n) is 15.0. The van der Waals surface area contributed by atoms with Crippen LogP contribution >= 0.6 is 0 Å². The van der Waals surface area contributed by atoms with Crippen LogP contribution in [0, 0.1) is 0 Å². The Balaban J connectivity index is 1.73. The van der Waals surface area contributed by atoms with Gasteiger partial charge in [-0.3, -0.25) is 4.79 Å². The fraction of sp³-hybridized carbons (Fsp3) is 0.238. The third-order valence-electron chi connectivity index (χ3n) is 4.43. The second kappa shape index (κ2) is 7.54. The van der Waals surface area contributed by atoms with E-state index in [-0.39, 0.29) is 18.4 Å². The van der Waals surface area contributed by atoms with Gasteiger partial charge in [-0.05, 0) is 37.1 Å². The predicted octanol–water partition coefficient (Wildman–Crippen LogP) is 3.35. The van der Waals surface area contributed by atoms with Gasteiger partial charge in [-0.2, -0.15) is 5.10 Å². The molecule has 5 heteroatoms. The summed E-state index contributed by atoms with van der Waals surface area (Å²) in [6.45, 7) is 3.59. The van der Waals surface area contributed by atoms with Gasteiger partial charge in [0.15, 0.2) is 0 Å². The predicted molar refractivity (Wildman–Crippen MR) is 101 cm³/mol. The van der Waals surface area contributed by atoms with Crippen LogP contribution in [0.15, 0.2) is 73.1 Å². The van der Waals surface area contributed by atoms with Crippen molar-refractivity contribution in [1.82, 2.24) is 15.1 Å². The van der Waals surface area contributed by atoms with Crippen LogP contribution in [0.3, 0.4) is 0 Å². The SMILES string of the molecule is CC(NC(=O)CC(C)(O)c1ccccc1)c1ccccc1-n1cccn1. The minimum atomic E-state index is -1.22. The van der Waals surface area contributed by atoms with Crippen molar-refractivity contribution >= 4 is 5.91 Å². The summed E-state index contributed by atoms with van der Waals surface area (Å²) in [7, 11) is 0. The Morgan fingerprint density at radius 1 is 1.15 bits per heavy atom. The monoisotopic (exact) mass is 349 g/mol. The molecule has 1 heterocycles. The van der Waals surface area contributed by atoms with E-state index < -0.39 is 5.60 Å². The highest BCUT2D eigenvalue weighted by Gasteiger charge is 2.27. The number of hydrogen-bond acceptors (Lipinski definition) is 3. The van der Waals surface area contributed by atoms with Crippen LogP contribution in [-0.4, -0.2) is 20.8 Å². The number of aliphatic hydroxyl groups is 1. The number of aromatic nitrogens is 2. The summed E-state index contributed by atoms with van der Waals surface area (Å²) in [5.41, 5.74) is 1.39. The van der Waals surface area contributed by atoms with Gasteiger partial charge in [0.25, 0.3) is 0 Å². The summed E-state index contributed by atoms with van der Waals surface area (Å²) >= 11 is 0. The molecule has 2 atom stereocenters. The molecule has 5 nitrogen and oxygen atoms in total. The van der Waals surface area contributed by atoms with Crippen molar-refractivity contribution in [2.45, 2.75) is 31.9 Å². The first-order valence-corrected chi connectivity index (χ1v) is 8.63. The molecule has 3 aromatic rings. The topological polar surface area (TPSA) is 67.2 Å². The zero-order valence-corrected chi connectivity index (χ0v) is 15.0. The Kier molecular flexibility index (Phi) is 5.19. The molecule has 1 aromatic heterocycles. The number of benzene rings is 2. The molecule has 0 radical (unpaired) electrons. The Labute approximate surface area is 153 Å². The van der Waals surface area contributed by atoms with Crippen LogP contribution in [0.5, 0.6) is 0 Å². The first kappa shape index (κ1) is 17.9. The number of amides is 1. The molecular formula is C21H23N3O2. The van der Waals surface area contributed by atoms with E-state index in [4.69, 9.17) is 0 Å². The maximum atomic E-state index is 12.5. The molecule has 0 saturated heterocycles. The number of carbonyl (C=O) groups excluding carboxylic acids is 1. The summed E-state index contributed by atoms with van der Waals surface area (Å²) in [5, 5.41) is 17.9. The molecular weight excluding hydrogens is 326 g/mol. The molecule has 0 aliphatic rings.